The summed E-state index contributed by atoms with van der Waals surface area (Å²) in [6.07, 6.45) is 1.91. The Bertz CT molecular complexity index is 877. The Hall–Kier alpha value is -3.00. The van der Waals surface area contributed by atoms with Crippen LogP contribution in [0.3, 0.4) is 0 Å². The van der Waals surface area contributed by atoms with Crippen molar-refractivity contribution in [1.82, 2.24) is 20.4 Å². The molecule has 2 amide bonds. The van der Waals surface area contributed by atoms with E-state index in [1.165, 1.54) is 0 Å². The summed E-state index contributed by atoms with van der Waals surface area (Å²) in [5.74, 6) is 1.27. The fraction of sp³-hybridized carbons (Fsp3) is 0.381. The second-order valence-electron chi connectivity index (χ2n) is 6.93. The number of nitrogens with one attached hydrogen (secondary N) is 2. The van der Waals surface area contributed by atoms with Crippen molar-refractivity contribution in [2.75, 3.05) is 39.8 Å². The summed E-state index contributed by atoms with van der Waals surface area (Å²) in [6, 6.07) is 11.0. The smallest absolute Gasteiger partial charge is 0.239 e. The molecule has 1 aromatic carbocycles. The number of piperazine rings is 1. The van der Waals surface area contributed by atoms with Crippen molar-refractivity contribution < 1.29 is 14.0 Å². The van der Waals surface area contributed by atoms with Gasteiger partial charge >= 0.3 is 0 Å². The standard InChI is InChI=1S/C21H26ClN5O3/c1-23-21(25-15-19(28)24-14-18-6-3-11-30-18)27-9-7-26(8-10-27)20(29)13-16-4-2-5-17(22)12-16/h2-6,11-12H,7-10,13-15H2,1H3,(H,23,25)(H,24,28). The average molecular weight is 432 g/mol. The Balaban J connectivity index is 1.41. The third-order valence-corrected chi connectivity index (χ3v) is 5.07. The van der Waals surface area contributed by atoms with E-state index in [4.69, 9.17) is 16.0 Å². The second-order valence-corrected chi connectivity index (χ2v) is 7.37. The van der Waals surface area contributed by atoms with Crippen LogP contribution in [0.1, 0.15) is 11.3 Å². The fourth-order valence-electron chi connectivity index (χ4n) is 3.25. The van der Waals surface area contributed by atoms with E-state index >= 15 is 0 Å². The first-order valence-corrected chi connectivity index (χ1v) is 10.2. The minimum Gasteiger partial charge on any atom is -0.467 e. The highest BCUT2D eigenvalue weighted by Gasteiger charge is 2.23. The summed E-state index contributed by atoms with van der Waals surface area (Å²) in [6.45, 7) is 2.96. The van der Waals surface area contributed by atoms with Crippen LogP contribution in [0, 0.1) is 0 Å². The van der Waals surface area contributed by atoms with Crippen LogP contribution in [-0.2, 0) is 22.6 Å². The van der Waals surface area contributed by atoms with E-state index in [1.807, 2.05) is 28.0 Å². The van der Waals surface area contributed by atoms with E-state index in [0.717, 1.165) is 5.56 Å². The molecule has 1 aliphatic rings. The van der Waals surface area contributed by atoms with Crippen LogP contribution in [0.2, 0.25) is 5.02 Å². The Morgan fingerprint density at radius 2 is 1.87 bits per heavy atom. The number of furan rings is 1. The highest BCUT2D eigenvalue weighted by molar-refractivity contribution is 6.30. The van der Waals surface area contributed by atoms with E-state index in [0.29, 0.717) is 55.9 Å². The first-order valence-electron chi connectivity index (χ1n) is 9.82. The predicted molar refractivity (Wildman–Crippen MR) is 115 cm³/mol. The number of carbonyl (C=O) groups is 2. The van der Waals surface area contributed by atoms with Crippen molar-refractivity contribution in [2.24, 2.45) is 4.99 Å². The van der Waals surface area contributed by atoms with Gasteiger partial charge in [0.1, 0.15) is 5.76 Å². The molecule has 0 spiro atoms. The molecule has 8 nitrogen and oxygen atoms in total. The predicted octanol–water partition coefficient (Wildman–Crippen LogP) is 1.51. The number of guanidine groups is 1. The van der Waals surface area contributed by atoms with Crippen molar-refractivity contribution in [2.45, 2.75) is 13.0 Å². The number of nitrogens with zero attached hydrogens (tertiary/aromatic N) is 3. The first kappa shape index (κ1) is 21.7. The van der Waals surface area contributed by atoms with Crippen LogP contribution < -0.4 is 10.6 Å². The van der Waals surface area contributed by atoms with Crippen molar-refractivity contribution in [1.29, 1.82) is 0 Å². The molecule has 1 aliphatic heterocycles. The van der Waals surface area contributed by atoms with Crippen LogP contribution in [0.15, 0.2) is 52.1 Å². The van der Waals surface area contributed by atoms with Gasteiger partial charge in [0, 0.05) is 38.2 Å². The van der Waals surface area contributed by atoms with Gasteiger partial charge in [0.2, 0.25) is 11.8 Å². The lowest BCUT2D eigenvalue weighted by Crippen LogP contribution is -2.54. The maximum absolute atomic E-state index is 12.6. The van der Waals surface area contributed by atoms with E-state index in [-0.39, 0.29) is 18.4 Å². The van der Waals surface area contributed by atoms with Gasteiger partial charge in [-0.1, -0.05) is 23.7 Å². The zero-order valence-electron chi connectivity index (χ0n) is 16.9. The van der Waals surface area contributed by atoms with Crippen molar-refractivity contribution >= 4 is 29.4 Å². The zero-order chi connectivity index (χ0) is 21.3. The Labute approximate surface area is 180 Å². The topological polar surface area (TPSA) is 90.2 Å². The van der Waals surface area contributed by atoms with E-state index in [2.05, 4.69) is 15.6 Å². The summed E-state index contributed by atoms with van der Waals surface area (Å²) >= 11 is 6.00. The molecule has 3 rings (SSSR count). The summed E-state index contributed by atoms with van der Waals surface area (Å²) in [4.78, 5) is 32.7. The molecule has 0 radical (unpaired) electrons. The van der Waals surface area contributed by atoms with Gasteiger partial charge in [0.25, 0.3) is 0 Å². The maximum atomic E-state index is 12.6. The lowest BCUT2D eigenvalue weighted by molar-refractivity contribution is -0.131. The molecule has 160 valence electrons. The molecular weight excluding hydrogens is 406 g/mol. The number of hydrogen-bond acceptors (Lipinski definition) is 4. The fourth-order valence-corrected chi connectivity index (χ4v) is 3.47. The van der Waals surface area contributed by atoms with E-state index in [1.54, 1.807) is 31.5 Å². The largest absolute Gasteiger partial charge is 0.467 e. The minimum absolute atomic E-state index is 0.0807. The molecule has 1 aromatic heterocycles. The summed E-state index contributed by atoms with van der Waals surface area (Å²) in [5, 5.41) is 6.49. The van der Waals surface area contributed by atoms with Crippen molar-refractivity contribution in [3.8, 4) is 0 Å². The maximum Gasteiger partial charge on any atom is 0.239 e. The molecule has 0 saturated carbocycles. The number of halogens is 1. The average Bonchev–Trinajstić information content (AvgIpc) is 3.27. The van der Waals surface area contributed by atoms with Crippen LogP contribution in [-0.4, -0.2) is 67.3 Å². The quantitative estimate of drug-likeness (QED) is 0.534. The molecule has 30 heavy (non-hydrogen) atoms. The summed E-state index contributed by atoms with van der Waals surface area (Å²) in [5.41, 5.74) is 0.910. The third kappa shape index (κ3) is 6.25. The molecule has 0 aliphatic carbocycles. The number of rotatable bonds is 6. The van der Waals surface area contributed by atoms with Gasteiger partial charge in [0.15, 0.2) is 5.96 Å². The molecular formula is C21H26ClN5O3. The Kier molecular flexibility index (Phi) is 7.73. The van der Waals surface area contributed by atoms with Crippen LogP contribution in [0.25, 0.3) is 0 Å². The molecule has 2 N–H and O–H groups in total. The third-order valence-electron chi connectivity index (χ3n) is 4.84. The van der Waals surface area contributed by atoms with Gasteiger partial charge in [-0.15, -0.1) is 0 Å². The lowest BCUT2D eigenvalue weighted by atomic mass is 10.1. The van der Waals surface area contributed by atoms with Crippen LogP contribution in [0.4, 0.5) is 0 Å². The number of amides is 2. The van der Waals surface area contributed by atoms with Gasteiger partial charge < -0.3 is 24.9 Å². The number of hydrogen-bond donors (Lipinski definition) is 2. The second kappa shape index (κ2) is 10.7. The lowest BCUT2D eigenvalue weighted by Gasteiger charge is -2.36. The SMILES string of the molecule is CN=C(NCC(=O)NCc1ccco1)N1CCN(C(=O)Cc2cccc(Cl)c2)CC1. The Morgan fingerprint density at radius 1 is 1.10 bits per heavy atom. The van der Waals surface area contributed by atoms with Crippen molar-refractivity contribution in [3.05, 3.63) is 59.0 Å². The number of benzene rings is 1. The minimum atomic E-state index is -0.150. The zero-order valence-corrected chi connectivity index (χ0v) is 17.7. The summed E-state index contributed by atoms with van der Waals surface area (Å²) < 4.78 is 5.19. The number of carbonyl (C=O) groups excluding carboxylic acids is 2. The molecule has 1 saturated heterocycles. The monoisotopic (exact) mass is 431 g/mol. The normalized spacial score (nSPS) is 14.5. The molecule has 0 atom stereocenters. The Morgan fingerprint density at radius 3 is 2.53 bits per heavy atom. The van der Waals surface area contributed by atoms with Crippen LogP contribution >= 0.6 is 11.6 Å². The molecule has 2 heterocycles. The van der Waals surface area contributed by atoms with Crippen molar-refractivity contribution in [3.63, 3.8) is 0 Å². The van der Waals surface area contributed by atoms with Crippen LogP contribution in [0.5, 0.6) is 0 Å². The molecule has 0 unspecified atom stereocenters. The first-order chi connectivity index (χ1) is 14.5. The molecule has 0 bridgehead atoms. The molecule has 1 fully saturated rings. The highest BCUT2D eigenvalue weighted by Crippen LogP contribution is 2.13. The van der Waals surface area contributed by atoms with Gasteiger partial charge in [-0.25, -0.2) is 0 Å². The van der Waals surface area contributed by atoms with Gasteiger partial charge in [-0.05, 0) is 29.8 Å². The van der Waals surface area contributed by atoms with Gasteiger partial charge in [0.05, 0.1) is 25.8 Å². The van der Waals surface area contributed by atoms with Gasteiger partial charge in [-0.2, -0.15) is 0 Å². The molecule has 9 heteroatoms. The highest BCUT2D eigenvalue weighted by atomic mass is 35.5. The van der Waals surface area contributed by atoms with E-state index < -0.39 is 0 Å². The molecule has 2 aromatic rings. The van der Waals surface area contributed by atoms with Gasteiger partial charge in [-0.3, -0.25) is 14.6 Å². The summed E-state index contributed by atoms with van der Waals surface area (Å²) in [7, 11) is 1.68. The number of aliphatic imine (C=N–C) groups is 1. The van der Waals surface area contributed by atoms with E-state index in [9.17, 15) is 9.59 Å².